The second kappa shape index (κ2) is 18.3. The number of alkyl halides is 2. The summed E-state index contributed by atoms with van der Waals surface area (Å²) in [7, 11) is 6.27. The average Bonchev–Trinajstić information content (AvgIpc) is 3.92. The van der Waals surface area contributed by atoms with Crippen molar-refractivity contribution in [2.45, 2.75) is 6.42 Å². The Bertz CT molecular complexity index is 2300. The van der Waals surface area contributed by atoms with Gasteiger partial charge in [-0.2, -0.15) is 10.2 Å². The van der Waals surface area contributed by atoms with Gasteiger partial charge in [-0.3, -0.25) is 38.7 Å². The van der Waals surface area contributed by atoms with Crippen molar-refractivity contribution in [2.24, 2.45) is 33.9 Å². The van der Waals surface area contributed by atoms with Crippen molar-refractivity contribution in [2.75, 3.05) is 57.6 Å². The minimum atomic E-state index is -0.601. The Labute approximate surface area is 336 Å². The number of imidazole rings is 1. The van der Waals surface area contributed by atoms with Crippen molar-refractivity contribution in [1.82, 2.24) is 39.0 Å². The first kappa shape index (κ1) is 41.5. The van der Waals surface area contributed by atoms with Gasteiger partial charge in [0.05, 0.1) is 11.5 Å². The molecule has 4 aromatic heterocycles. The van der Waals surface area contributed by atoms with Crippen LogP contribution in [0.4, 0.5) is 28.8 Å². The molecule has 4 heterocycles. The van der Waals surface area contributed by atoms with E-state index in [0.717, 1.165) is 5.69 Å². The van der Waals surface area contributed by atoms with E-state index in [1.54, 1.807) is 38.4 Å². The number of anilines is 5. The molecule has 0 aliphatic carbocycles. The number of amidine groups is 1. The van der Waals surface area contributed by atoms with Crippen molar-refractivity contribution < 1.29 is 24.0 Å². The minimum Gasteiger partial charge on any atom is -0.388 e. The summed E-state index contributed by atoms with van der Waals surface area (Å²) < 4.78 is 5.51. The van der Waals surface area contributed by atoms with Crippen LogP contribution in [0.3, 0.4) is 0 Å². The third-order valence-electron chi connectivity index (χ3n) is 8.41. The van der Waals surface area contributed by atoms with Crippen LogP contribution in [-0.4, -0.2) is 100 Å². The van der Waals surface area contributed by atoms with E-state index >= 15 is 0 Å². The second-order valence-electron chi connectivity index (χ2n) is 12.6. The van der Waals surface area contributed by atoms with Crippen LogP contribution in [0.1, 0.15) is 58.9 Å². The number of nitrogens with one attached hydrogen (secondary N) is 6. The molecule has 0 radical (unpaired) electrons. The lowest BCUT2D eigenvalue weighted by Gasteiger charge is -2.22. The molecule has 57 heavy (non-hydrogen) atoms. The predicted molar refractivity (Wildman–Crippen MR) is 216 cm³/mol. The SMILES string of the molecule is Cn1cc(NC(=O)c2nc(NC(=O)c3ccc(N(CCCl)CCCl)cc3)cn2C)cc1C(=O)Nc1cc(C(=O)Nc2cc(C(=O)NCCC(=N)N)n(C)n2)n(C)n1. The number of nitrogens with two attached hydrogens (primary N) is 1. The third-order valence-corrected chi connectivity index (χ3v) is 8.75. The number of halogens is 2. The van der Waals surface area contributed by atoms with Gasteiger partial charge < -0.3 is 46.4 Å². The number of rotatable bonds is 17. The zero-order valence-electron chi connectivity index (χ0n) is 31.4. The maximum absolute atomic E-state index is 13.3. The molecule has 0 spiro atoms. The van der Waals surface area contributed by atoms with Crippen LogP contribution >= 0.6 is 23.2 Å². The van der Waals surface area contributed by atoms with E-state index in [1.165, 1.54) is 63.2 Å². The fraction of sp³-hybridized carbons (Fsp3) is 0.286. The van der Waals surface area contributed by atoms with Crippen molar-refractivity contribution in [3.05, 3.63) is 83.3 Å². The summed E-state index contributed by atoms with van der Waals surface area (Å²) in [5, 5.41) is 28.9. The number of hydrogen-bond donors (Lipinski definition) is 7. The molecule has 8 N–H and O–H groups in total. The van der Waals surface area contributed by atoms with E-state index in [-0.39, 0.29) is 59.2 Å². The van der Waals surface area contributed by atoms with Gasteiger partial charge in [-0.05, 0) is 30.3 Å². The Balaban J connectivity index is 1.17. The van der Waals surface area contributed by atoms with E-state index in [0.29, 0.717) is 36.1 Å². The summed E-state index contributed by atoms with van der Waals surface area (Å²) in [6.07, 6.45) is 3.22. The van der Waals surface area contributed by atoms with Crippen LogP contribution in [0.25, 0.3) is 0 Å². The zero-order chi connectivity index (χ0) is 41.4. The van der Waals surface area contributed by atoms with Crippen LogP contribution in [0.15, 0.2) is 54.9 Å². The van der Waals surface area contributed by atoms with E-state index in [1.807, 2.05) is 4.90 Å². The molecule has 0 saturated heterocycles. The standard InChI is InChI=1S/C35H41Cl2N15O5/c1-48-18-21(41-35(57)30-42-29(19-49(30)2)45-31(53)20-5-7-22(8-6-20)52(13-10-36)14-11-37)15-23(48)33(55)43-28-17-25(51(4)47-28)34(56)44-27-16-24(50(3)46-27)32(54)40-12-9-26(38)39/h5-8,15-19H,9-14H2,1-4H3,(H3,38,39)(H,40,54)(H,41,57)(H,45,53)(H,43,47,55)(H,44,46,56). The third kappa shape index (κ3) is 10.3. The van der Waals surface area contributed by atoms with Gasteiger partial charge in [-0.15, -0.1) is 23.2 Å². The van der Waals surface area contributed by atoms with Gasteiger partial charge in [0.15, 0.2) is 17.5 Å². The lowest BCUT2D eigenvalue weighted by atomic mass is 10.2. The summed E-state index contributed by atoms with van der Waals surface area (Å²) in [5.41, 5.74) is 7.30. The van der Waals surface area contributed by atoms with E-state index in [4.69, 9.17) is 34.3 Å². The molecule has 5 rings (SSSR count). The molecule has 22 heteroatoms. The Morgan fingerprint density at radius 2 is 1.26 bits per heavy atom. The molecule has 0 bridgehead atoms. The van der Waals surface area contributed by atoms with Gasteiger partial charge in [0, 0.05) is 102 Å². The van der Waals surface area contributed by atoms with E-state index < -0.39 is 29.5 Å². The highest BCUT2D eigenvalue weighted by Crippen LogP contribution is 2.20. The number of amides is 5. The van der Waals surface area contributed by atoms with Crippen molar-refractivity contribution in [1.29, 1.82) is 5.41 Å². The zero-order valence-corrected chi connectivity index (χ0v) is 32.9. The van der Waals surface area contributed by atoms with E-state index in [2.05, 4.69) is 41.8 Å². The monoisotopic (exact) mass is 821 g/mol. The molecule has 5 amide bonds. The van der Waals surface area contributed by atoms with Crippen molar-refractivity contribution in [3.8, 4) is 0 Å². The molecule has 0 fully saturated rings. The summed E-state index contributed by atoms with van der Waals surface area (Å²) in [5.74, 6) is -1.50. The molecule has 5 aromatic rings. The number of aryl methyl sites for hydroxylation is 4. The summed E-state index contributed by atoms with van der Waals surface area (Å²) in [4.78, 5) is 71.3. The van der Waals surface area contributed by atoms with E-state index in [9.17, 15) is 24.0 Å². The number of aromatic nitrogens is 7. The maximum atomic E-state index is 13.3. The number of hydrogen-bond acceptors (Lipinski definition) is 10. The normalized spacial score (nSPS) is 10.8. The Morgan fingerprint density at radius 1 is 0.702 bits per heavy atom. The van der Waals surface area contributed by atoms with Gasteiger partial charge >= 0.3 is 0 Å². The molecular formula is C35H41Cl2N15O5. The summed E-state index contributed by atoms with van der Waals surface area (Å²) in [6.45, 7) is 1.39. The minimum absolute atomic E-state index is 0.00226. The number of benzene rings is 1. The number of nitrogens with zero attached hydrogens (tertiary/aromatic N) is 8. The number of carbonyl (C=O) groups is 5. The van der Waals surface area contributed by atoms with Gasteiger partial charge in [0.1, 0.15) is 17.1 Å². The van der Waals surface area contributed by atoms with Crippen LogP contribution in [-0.2, 0) is 28.2 Å². The number of carbonyl (C=O) groups excluding carboxylic acids is 5. The largest absolute Gasteiger partial charge is 0.388 e. The lowest BCUT2D eigenvalue weighted by Crippen LogP contribution is -2.29. The van der Waals surface area contributed by atoms with Gasteiger partial charge in [-0.1, -0.05) is 0 Å². The first-order chi connectivity index (χ1) is 27.2. The molecule has 0 aliphatic rings. The highest BCUT2D eigenvalue weighted by atomic mass is 35.5. The molecular weight excluding hydrogens is 781 g/mol. The first-order valence-electron chi connectivity index (χ1n) is 17.3. The molecule has 0 saturated carbocycles. The quantitative estimate of drug-likeness (QED) is 0.0410. The molecule has 0 unspecified atom stereocenters. The van der Waals surface area contributed by atoms with Crippen molar-refractivity contribution in [3.63, 3.8) is 0 Å². The fourth-order valence-electron chi connectivity index (χ4n) is 5.61. The van der Waals surface area contributed by atoms with Crippen LogP contribution in [0.2, 0.25) is 0 Å². The Morgan fingerprint density at radius 3 is 1.84 bits per heavy atom. The van der Waals surface area contributed by atoms with Crippen LogP contribution in [0, 0.1) is 5.41 Å². The molecule has 0 aliphatic heterocycles. The van der Waals surface area contributed by atoms with Crippen LogP contribution < -0.4 is 37.2 Å². The highest BCUT2D eigenvalue weighted by Gasteiger charge is 2.22. The summed E-state index contributed by atoms with van der Waals surface area (Å²) >= 11 is 11.8. The topological polar surface area (TPSA) is 257 Å². The summed E-state index contributed by atoms with van der Waals surface area (Å²) in [6, 6.07) is 11.2. The lowest BCUT2D eigenvalue weighted by molar-refractivity contribution is 0.0942. The van der Waals surface area contributed by atoms with Gasteiger partial charge in [0.25, 0.3) is 29.5 Å². The van der Waals surface area contributed by atoms with Gasteiger partial charge in [0.2, 0.25) is 5.82 Å². The maximum Gasteiger partial charge on any atom is 0.291 e. The first-order valence-corrected chi connectivity index (χ1v) is 18.4. The van der Waals surface area contributed by atoms with Crippen molar-refractivity contribution >= 4 is 87.4 Å². The Kier molecular flexibility index (Phi) is 13.3. The molecule has 300 valence electrons. The van der Waals surface area contributed by atoms with Crippen LogP contribution in [0.5, 0.6) is 0 Å². The second-order valence-corrected chi connectivity index (χ2v) is 13.4. The fourth-order valence-corrected chi connectivity index (χ4v) is 6.02. The smallest absolute Gasteiger partial charge is 0.291 e. The Hall–Kier alpha value is -6.67. The molecule has 0 atom stereocenters. The highest BCUT2D eigenvalue weighted by molar-refractivity contribution is 6.18. The molecule has 1 aromatic carbocycles. The molecule has 20 nitrogen and oxygen atoms in total. The predicted octanol–water partition coefficient (Wildman–Crippen LogP) is 2.57. The van der Waals surface area contributed by atoms with Gasteiger partial charge in [-0.25, -0.2) is 4.98 Å². The average molecular weight is 823 g/mol.